The van der Waals surface area contributed by atoms with Gasteiger partial charge in [-0.1, -0.05) is 19.3 Å². The Kier molecular flexibility index (Phi) is 2.78. The van der Waals surface area contributed by atoms with Crippen molar-refractivity contribution in [2.24, 2.45) is 11.8 Å². The van der Waals surface area contributed by atoms with Crippen LogP contribution in [-0.2, 0) is 0 Å². The van der Waals surface area contributed by atoms with E-state index in [1.807, 2.05) is 0 Å². The Hall–Kier alpha value is -0.730. The molecule has 1 N–H and O–H groups in total. The molecule has 2 unspecified atom stereocenters. The van der Waals surface area contributed by atoms with Crippen molar-refractivity contribution in [3.8, 4) is 0 Å². The van der Waals surface area contributed by atoms with Crippen molar-refractivity contribution in [1.29, 1.82) is 0 Å². The third-order valence-electron chi connectivity index (χ3n) is 4.70. The number of hydrogen-bond acceptors (Lipinski definition) is 1. The van der Waals surface area contributed by atoms with E-state index in [4.69, 9.17) is 0 Å². The molecule has 3 heteroatoms. The third kappa shape index (κ3) is 1.92. The lowest BCUT2D eigenvalue weighted by atomic mass is 10.0. The Morgan fingerprint density at radius 2 is 1.56 bits per heavy atom. The normalized spacial score (nSPS) is 34.4. The molecular formula is C13H22N2O. The number of carbonyl (C=O) groups excluding carboxylic acids is 1. The summed E-state index contributed by atoms with van der Waals surface area (Å²) in [6.07, 6.45) is 9.02. The first-order chi connectivity index (χ1) is 7.83. The predicted octanol–water partition coefficient (Wildman–Crippen LogP) is 2.37. The molecule has 0 radical (unpaired) electrons. The van der Waals surface area contributed by atoms with E-state index in [1.54, 1.807) is 0 Å². The van der Waals surface area contributed by atoms with Gasteiger partial charge in [-0.2, -0.15) is 0 Å². The third-order valence-corrected chi connectivity index (χ3v) is 4.70. The number of carbonyl (C=O) groups is 1. The van der Waals surface area contributed by atoms with Gasteiger partial charge in [-0.3, -0.25) is 0 Å². The lowest BCUT2D eigenvalue weighted by Gasteiger charge is -2.21. The second-order valence-electron chi connectivity index (χ2n) is 5.79. The quantitative estimate of drug-likeness (QED) is 0.726. The summed E-state index contributed by atoms with van der Waals surface area (Å²) in [4.78, 5) is 14.1. The van der Waals surface area contributed by atoms with Crippen LogP contribution in [0.2, 0.25) is 0 Å². The van der Waals surface area contributed by atoms with Gasteiger partial charge in [0.05, 0.1) is 0 Å². The summed E-state index contributed by atoms with van der Waals surface area (Å²) in [5.41, 5.74) is 0. The van der Waals surface area contributed by atoms with Crippen LogP contribution in [0, 0.1) is 11.8 Å². The van der Waals surface area contributed by atoms with Crippen LogP contribution in [0.4, 0.5) is 4.79 Å². The molecule has 3 aliphatic rings. The number of hydrogen-bond donors (Lipinski definition) is 1. The minimum Gasteiger partial charge on any atom is -0.335 e. The van der Waals surface area contributed by atoms with Crippen LogP contribution in [0.5, 0.6) is 0 Å². The summed E-state index contributed by atoms with van der Waals surface area (Å²) in [5.74, 6) is 1.63. The van der Waals surface area contributed by atoms with Crippen molar-refractivity contribution in [1.82, 2.24) is 10.2 Å². The molecule has 0 bridgehead atoms. The average molecular weight is 222 g/mol. The maximum absolute atomic E-state index is 12.0. The number of urea groups is 1. The maximum Gasteiger partial charge on any atom is 0.317 e. The molecule has 3 nitrogen and oxygen atoms in total. The van der Waals surface area contributed by atoms with E-state index in [0.717, 1.165) is 24.9 Å². The molecular weight excluding hydrogens is 200 g/mol. The zero-order valence-corrected chi connectivity index (χ0v) is 9.95. The van der Waals surface area contributed by atoms with Gasteiger partial charge in [-0.15, -0.1) is 0 Å². The number of nitrogens with zero attached hydrogens (tertiary/aromatic N) is 1. The van der Waals surface area contributed by atoms with Gasteiger partial charge in [0, 0.05) is 19.1 Å². The predicted molar refractivity (Wildman–Crippen MR) is 63.2 cm³/mol. The van der Waals surface area contributed by atoms with Crippen molar-refractivity contribution in [3.63, 3.8) is 0 Å². The SMILES string of the molecule is O=C(NC1CCCC1)N1CC2CCCC2C1. The fraction of sp³-hybridized carbons (Fsp3) is 0.923. The van der Waals surface area contributed by atoms with Crippen molar-refractivity contribution in [2.75, 3.05) is 13.1 Å². The summed E-state index contributed by atoms with van der Waals surface area (Å²) in [5, 5.41) is 3.20. The van der Waals surface area contributed by atoms with E-state index in [1.165, 1.54) is 44.9 Å². The minimum absolute atomic E-state index is 0.210. The molecule has 2 atom stereocenters. The summed E-state index contributed by atoms with van der Waals surface area (Å²) in [7, 11) is 0. The van der Waals surface area contributed by atoms with Crippen LogP contribution in [-0.4, -0.2) is 30.1 Å². The van der Waals surface area contributed by atoms with Crippen LogP contribution in [0.25, 0.3) is 0 Å². The van der Waals surface area contributed by atoms with Crippen LogP contribution >= 0.6 is 0 Å². The second kappa shape index (κ2) is 4.27. The maximum atomic E-state index is 12.0. The Labute approximate surface area is 97.6 Å². The fourth-order valence-corrected chi connectivity index (χ4v) is 3.74. The molecule has 1 aliphatic heterocycles. The monoisotopic (exact) mass is 222 g/mol. The van der Waals surface area contributed by atoms with Crippen molar-refractivity contribution < 1.29 is 4.79 Å². The van der Waals surface area contributed by atoms with Gasteiger partial charge in [-0.25, -0.2) is 4.79 Å². The molecule has 90 valence electrons. The Balaban J connectivity index is 1.51. The fourth-order valence-electron chi connectivity index (χ4n) is 3.74. The lowest BCUT2D eigenvalue weighted by molar-refractivity contribution is 0.201. The summed E-state index contributed by atoms with van der Waals surface area (Å²) < 4.78 is 0. The van der Waals surface area contributed by atoms with Gasteiger partial charge in [0.1, 0.15) is 0 Å². The van der Waals surface area contributed by atoms with Gasteiger partial charge < -0.3 is 10.2 Å². The van der Waals surface area contributed by atoms with Gasteiger partial charge in [0.2, 0.25) is 0 Å². The molecule has 0 aromatic heterocycles. The van der Waals surface area contributed by atoms with Crippen LogP contribution in [0.1, 0.15) is 44.9 Å². The number of rotatable bonds is 1. The standard InChI is InChI=1S/C13H22N2O/c16-13(14-12-6-1-2-7-12)15-8-10-4-3-5-11(10)9-15/h10-12H,1-9H2,(H,14,16). The van der Waals surface area contributed by atoms with E-state index in [2.05, 4.69) is 10.2 Å². The number of amides is 2. The second-order valence-corrected chi connectivity index (χ2v) is 5.79. The smallest absolute Gasteiger partial charge is 0.317 e. The lowest BCUT2D eigenvalue weighted by Crippen LogP contribution is -2.43. The zero-order chi connectivity index (χ0) is 11.0. The van der Waals surface area contributed by atoms with Crippen molar-refractivity contribution >= 4 is 6.03 Å². The highest BCUT2D eigenvalue weighted by atomic mass is 16.2. The molecule has 2 aliphatic carbocycles. The molecule has 2 amide bonds. The highest BCUT2D eigenvalue weighted by molar-refractivity contribution is 5.75. The molecule has 1 saturated heterocycles. The number of nitrogens with one attached hydrogen (secondary N) is 1. The molecule has 3 fully saturated rings. The van der Waals surface area contributed by atoms with Gasteiger partial charge >= 0.3 is 6.03 Å². The van der Waals surface area contributed by atoms with Crippen LogP contribution < -0.4 is 5.32 Å². The Bertz CT molecular complexity index is 261. The highest BCUT2D eigenvalue weighted by Crippen LogP contribution is 2.37. The first kappa shape index (κ1) is 10.4. The summed E-state index contributed by atoms with van der Waals surface area (Å²) in [6.45, 7) is 2.03. The first-order valence-corrected chi connectivity index (χ1v) is 6.88. The van der Waals surface area contributed by atoms with E-state index < -0.39 is 0 Å². The topological polar surface area (TPSA) is 32.3 Å². The Morgan fingerprint density at radius 1 is 0.938 bits per heavy atom. The van der Waals surface area contributed by atoms with Gasteiger partial charge in [-0.05, 0) is 37.5 Å². The molecule has 2 saturated carbocycles. The van der Waals surface area contributed by atoms with Gasteiger partial charge in [0.25, 0.3) is 0 Å². The summed E-state index contributed by atoms with van der Waals surface area (Å²) in [6, 6.07) is 0.675. The van der Waals surface area contributed by atoms with Crippen molar-refractivity contribution in [3.05, 3.63) is 0 Å². The molecule has 0 aromatic carbocycles. The average Bonchev–Trinajstić information content (AvgIpc) is 2.91. The number of likely N-dealkylation sites (tertiary alicyclic amines) is 1. The molecule has 1 heterocycles. The summed E-state index contributed by atoms with van der Waals surface area (Å²) >= 11 is 0. The number of fused-ring (bicyclic) bond motifs is 1. The van der Waals surface area contributed by atoms with E-state index in [0.29, 0.717) is 6.04 Å². The van der Waals surface area contributed by atoms with E-state index in [9.17, 15) is 4.79 Å². The van der Waals surface area contributed by atoms with Crippen molar-refractivity contribution in [2.45, 2.75) is 51.0 Å². The van der Waals surface area contributed by atoms with E-state index >= 15 is 0 Å². The molecule has 3 rings (SSSR count). The Morgan fingerprint density at radius 3 is 2.19 bits per heavy atom. The first-order valence-electron chi connectivity index (χ1n) is 6.88. The van der Waals surface area contributed by atoms with Crippen LogP contribution in [0.15, 0.2) is 0 Å². The van der Waals surface area contributed by atoms with Crippen LogP contribution in [0.3, 0.4) is 0 Å². The van der Waals surface area contributed by atoms with Gasteiger partial charge in [0.15, 0.2) is 0 Å². The molecule has 0 spiro atoms. The zero-order valence-electron chi connectivity index (χ0n) is 9.95. The minimum atomic E-state index is 0.210. The molecule has 0 aromatic rings. The largest absolute Gasteiger partial charge is 0.335 e. The molecule has 16 heavy (non-hydrogen) atoms. The van der Waals surface area contributed by atoms with E-state index in [-0.39, 0.29) is 6.03 Å². The highest BCUT2D eigenvalue weighted by Gasteiger charge is 2.38.